The van der Waals surface area contributed by atoms with Crippen molar-refractivity contribution in [3.8, 4) is 6.07 Å². The number of hydrogen-bond donors (Lipinski definition) is 2. The Morgan fingerprint density at radius 2 is 2.29 bits per heavy atom. The average Bonchev–Trinajstić information content (AvgIpc) is 3.07. The van der Waals surface area contributed by atoms with E-state index in [9.17, 15) is 9.59 Å². The maximum Gasteiger partial charge on any atom is 0.315 e. The van der Waals surface area contributed by atoms with E-state index in [2.05, 4.69) is 15.6 Å². The summed E-state index contributed by atoms with van der Waals surface area (Å²) < 4.78 is 0. The first kappa shape index (κ1) is 11.5. The Kier molecular flexibility index (Phi) is 3.35. The van der Waals surface area contributed by atoms with Gasteiger partial charge in [-0.05, 0) is 12.8 Å². The Bertz CT molecular complexity index is 487. The van der Waals surface area contributed by atoms with Gasteiger partial charge in [0.1, 0.15) is 6.54 Å². The van der Waals surface area contributed by atoms with Crippen LogP contribution in [0.5, 0.6) is 0 Å². The number of amides is 2. The lowest BCUT2D eigenvalue weighted by Gasteiger charge is -2.00. The summed E-state index contributed by atoms with van der Waals surface area (Å²) in [7, 11) is 0. The van der Waals surface area contributed by atoms with Crippen LogP contribution in [0.15, 0.2) is 5.38 Å². The fourth-order valence-electron chi connectivity index (χ4n) is 1.26. The van der Waals surface area contributed by atoms with Crippen molar-refractivity contribution in [2.24, 2.45) is 0 Å². The summed E-state index contributed by atoms with van der Waals surface area (Å²) >= 11 is 1.30. The molecule has 7 heteroatoms. The molecule has 0 aliphatic heterocycles. The lowest BCUT2D eigenvalue weighted by Crippen LogP contribution is -2.35. The molecule has 0 unspecified atom stereocenters. The smallest absolute Gasteiger partial charge is 0.315 e. The maximum absolute atomic E-state index is 11.3. The van der Waals surface area contributed by atoms with Crippen molar-refractivity contribution in [1.29, 1.82) is 5.26 Å². The molecule has 88 valence electrons. The van der Waals surface area contributed by atoms with E-state index >= 15 is 0 Å². The van der Waals surface area contributed by atoms with E-state index in [0.717, 1.165) is 18.5 Å². The van der Waals surface area contributed by atoms with Gasteiger partial charge in [-0.15, -0.1) is 11.3 Å². The Hall–Kier alpha value is -1.94. The van der Waals surface area contributed by atoms with E-state index in [4.69, 9.17) is 5.26 Å². The van der Waals surface area contributed by atoms with Crippen LogP contribution >= 0.6 is 11.3 Å². The minimum absolute atomic E-state index is 0.183. The summed E-state index contributed by atoms with van der Waals surface area (Å²) in [5.74, 6) is -1.10. The van der Waals surface area contributed by atoms with Crippen LogP contribution in [0.25, 0.3) is 0 Å². The summed E-state index contributed by atoms with van der Waals surface area (Å²) in [6.07, 6.45) is 2.28. The quantitative estimate of drug-likeness (QED) is 0.606. The molecule has 17 heavy (non-hydrogen) atoms. The molecule has 2 N–H and O–H groups in total. The molecule has 1 saturated carbocycles. The summed E-state index contributed by atoms with van der Waals surface area (Å²) in [5.41, 5.74) is 0.975. The van der Waals surface area contributed by atoms with Gasteiger partial charge in [-0.2, -0.15) is 5.26 Å². The molecule has 0 spiro atoms. The molecular formula is C10H10N4O2S. The number of rotatable bonds is 3. The highest BCUT2D eigenvalue weighted by molar-refractivity contribution is 7.14. The first-order chi connectivity index (χ1) is 8.20. The predicted molar refractivity (Wildman–Crippen MR) is 61.3 cm³/mol. The number of nitrogens with zero attached hydrogens (tertiary/aromatic N) is 2. The molecular weight excluding hydrogens is 240 g/mol. The zero-order chi connectivity index (χ0) is 12.3. The summed E-state index contributed by atoms with van der Waals surface area (Å²) in [6.45, 7) is -0.183. The van der Waals surface area contributed by atoms with Crippen molar-refractivity contribution in [2.75, 3.05) is 11.9 Å². The van der Waals surface area contributed by atoms with Crippen LogP contribution in [-0.4, -0.2) is 23.3 Å². The Morgan fingerprint density at radius 1 is 1.53 bits per heavy atom. The first-order valence-electron chi connectivity index (χ1n) is 5.12. The Morgan fingerprint density at radius 3 is 2.94 bits per heavy atom. The molecule has 0 bridgehead atoms. The van der Waals surface area contributed by atoms with Crippen LogP contribution in [0.2, 0.25) is 0 Å². The topological polar surface area (TPSA) is 94.9 Å². The van der Waals surface area contributed by atoms with Crippen molar-refractivity contribution in [2.45, 2.75) is 18.8 Å². The number of hydrogen-bond acceptors (Lipinski definition) is 5. The van der Waals surface area contributed by atoms with Gasteiger partial charge in [-0.3, -0.25) is 14.9 Å². The highest BCUT2D eigenvalue weighted by Crippen LogP contribution is 2.40. The third-order valence-electron chi connectivity index (χ3n) is 2.27. The van der Waals surface area contributed by atoms with Crippen LogP contribution in [0.1, 0.15) is 24.5 Å². The van der Waals surface area contributed by atoms with Gasteiger partial charge >= 0.3 is 11.8 Å². The number of thiazole rings is 1. The predicted octanol–water partition coefficient (Wildman–Crippen LogP) is 0.599. The van der Waals surface area contributed by atoms with Crippen molar-refractivity contribution in [1.82, 2.24) is 10.3 Å². The van der Waals surface area contributed by atoms with Crippen LogP contribution in [0.4, 0.5) is 5.13 Å². The number of anilines is 1. The van der Waals surface area contributed by atoms with Crippen molar-refractivity contribution in [3.63, 3.8) is 0 Å². The second-order valence-corrected chi connectivity index (χ2v) is 4.50. The van der Waals surface area contributed by atoms with E-state index in [0.29, 0.717) is 11.0 Å². The standard InChI is InChI=1S/C10H10N4O2S/c11-3-4-12-8(15)9(16)14-10-13-7(5-17-10)6-1-2-6/h5-6H,1-2,4H2,(H,12,15)(H,13,14,16). The van der Waals surface area contributed by atoms with Gasteiger partial charge in [0.2, 0.25) is 0 Å². The normalized spacial score (nSPS) is 13.8. The molecule has 1 aliphatic rings. The lowest BCUT2D eigenvalue weighted by molar-refractivity contribution is -0.136. The van der Waals surface area contributed by atoms with Crippen molar-refractivity contribution < 1.29 is 9.59 Å². The Labute approximate surface area is 102 Å². The average molecular weight is 250 g/mol. The van der Waals surface area contributed by atoms with E-state index in [1.54, 1.807) is 6.07 Å². The summed E-state index contributed by atoms with van der Waals surface area (Å²) in [5, 5.41) is 15.1. The molecule has 1 aromatic rings. The second-order valence-electron chi connectivity index (χ2n) is 3.65. The molecule has 2 rings (SSSR count). The monoisotopic (exact) mass is 250 g/mol. The molecule has 2 amide bonds. The fraction of sp³-hybridized carbons (Fsp3) is 0.400. The minimum atomic E-state index is -0.824. The van der Waals surface area contributed by atoms with E-state index in [1.807, 2.05) is 5.38 Å². The number of aromatic nitrogens is 1. The molecule has 0 saturated heterocycles. The molecule has 1 aliphatic carbocycles. The zero-order valence-electron chi connectivity index (χ0n) is 8.90. The van der Waals surface area contributed by atoms with E-state index in [-0.39, 0.29) is 6.54 Å². The van der Waals surface area contributed by atoms with Gasteiger partial charge in [-0.1, -0.05) is 0 Å². The first-order valence-corrected chi connectivity index (χ1v) is 6.00. The number of carbonyl (C=O) groups excluding carboxylic acids is 2. The third kappa shape index (κ3) is 3.01. The van der Waals surface area contributed by atoms with Crippen LogP contribution in [0.3, 0.4) is 0 Å². The van der Waals surface area contributed by atoms with E-state index < -0.39 is 11.8 Å². The van der Waals surface area contributed by atoms with Crippen molar-refractivity contribution >= 4 is 28.3 Å². The molecule has 0 aromatic carbocycles. The van der Waals surface area contributed by atoms with Crippen LogP contribution in [-0.2, 0) is 9.59 Å². The van der Waals surface area contributed by atoms with Gasteiger partial charge in [0.25, 0.3) is 0 Å². The van der Waals surface area contributed by atoms with Gasteiger partial charge < -0.3 is 5.32 Å². The molecule has 1 heterocycles. The van der Waals surface area contributed by atoms with Gasteiger partial charge in [0, 0.05) is 11.3 Å². The minimum Gasteiger partial charge on any atom is -0.335 e. The third-order valence-corrected chi connectivity index (χ3v) is 3.05. The molecule has 6 nitrogen and oxygen atoms in total. The van der Waals surface area contributed by atoms with E-state index in [1.165, 1.54) is 11.3 Å². The summed E-state index contributed by atoms with van der Waals surface area (Å²) in [6, 6.07) is 1.72. The molecule has 0 radical (unpaired) electrons. The highest BCUT2D eigenvalue weighted by Gasteiger charge is 2.26. The SMILES string of the molecule is N#CCNC(=O)C(=O)Nc1nc(C2CC2)cs1. The van der Waals surface area contributed by atoms with Gasteiger partial charge in [0.05, 0.1) is 11.8 Å². The number of nitriles is 1. The summed E-state index contributed by atoms with van der Waals surface area (Å²) in [4.78, 5) is 26.7. The van der Waals surface area contributed by atoms with Gasteiger partial charge in [0.15, 0.2) is 5.13 Å². The number of nitrogens with one attached hydrogen (secondary N) is 2. The molecule has 1 fully saturated rings. The largest absolute Gasteiger partial charge is 0.335 e. The van der Waals surface area contributed by atoms with Crippen molar-refractivity contribution in [3.05, 3.63) is 11.1 Å². The van der Waals surface area contributed by atoms with Crippen LogP contribution < -0.4 is 10.6 Å². The zero-order valence-corrected chi connectivity index (χ0v) is 9.71. The maximum atomic E-state index is 11.3. The lowest BCUT2D eigenvalue weighted by atomic mass is 10.3. The molecule has 1 aromatic heterocycles. The number of carbonyl (C=O) groups is 2. The molecule has 0 atom stereocenters. The second kappa shape index (κ2) is 4.93. The highest BCUT2D eigenvalue weighted by atomic mass is 32.1. The van der Waals surface area contributed by atoms with Crippen LogP contribution in [0, 0.1) is 11.3 Å². The fourth-order valence-corrected chi connectivity index (χ4v) is 2.05. The Balaban J connectivity index is 1.88. The van der Waals surface area contributed by atoms with Gasteiger partial charge in [-0.25, -0.2) is 4.98 Å².